The number of aliphatic imine (C=N–C) groups is 1. The molecule has 0 aliphatic rings. The minimum atomic E-state index is -0.262. The van der Waals surface area contributed by atoms with Gasteiger partial charge in [0.25, 0.3) is 0 Å². The number of rotatable bonds is 2. The molecule has 1 rings (SSSR count). The van der Waals surface area contributed by atoms with Crippen molar-refractivity contribution in [1.82, 2.24) is 0 Å². The summed E-state index contributed by atoms with van der Waals surface area (Å²) in [6.45, 7) is 1.68. The second-order valence-corrected chi connectivity index (χ2v) is 3.28. The summed E-state index contributed by atoms with van der Waals surface area (Å²) in [5, 5.41) is 8.54. The quantitative estimate of drug-likeness (QED) is 0.217. The first-order valence-electron chi connectivity index (χ1n) is 4.02. The molecule has 0 aromatic heterocycles. The molecule has 0 aliphatic heterocycles. The number of halogens is 1. The van der Waals surface area contributed by atoms with Gasteiger partial charge in [0.05, 0.1) is 0 Å². The van der Waals surface area contributed by atoms with E-state index < -0.39 is 0 Å². The third kappa shape index (κ3) is 4.27. The molecule has 0 amide bonds. The molecule has 0 saturated carbocycles. The van der Waals surface area contributed by atoms with Crippen molar-refractivity contribution in [3.8, 4) is 6.19 Å². The topological polar surface area (TPSA) is 36.1 Å². The van der Waals surface area contributed by atoms with E-state index >= 15 is 0 Å². The molecule has 1 aromatic rings. The number of hydrogen-bond acceptors (Lipinski definition) is 3. The molecule has 72 valence electrons. The summed E-state index contributed by atoms with van der Waals surface area (Å²) < 4.78 is 13.1. The van der Waals surface area contributed by atoms with Crippen molar-refractivity contribution in [1.29, 1.82) is 5.26 Å². The van der Waals surface area contributed by atoms with Crippen LogP contribution in [0, 0.1) is 24.2 Å². The maximum absolute atomic E-state index is 13.1. The number of nitrogens with zero attached hydrogens (tertiary/aromatic N) is 2. The summed E-state index contributed by atoms with van der Waals surface area (Å²) in [6.07, 6.45) is 1.95. The number of benzene rings is 1. The fraction of sp³-hybridized carbons (Fsp3) is 0.200. The summed E-state index contributed by atoms with van der Waals surface area (Å²) in [7, 11) is 0. The van der Waals surface area contributed by atoms with Crippen LogP contribution in [0.25, 0.3) is 0 Å². The molecule has 0 aliphatic carbocycles. The van der Waals surface area contributed by atoms with E-state index in [0.29, 0.717) is 12.0 Å². The molecule has 0 N–H and O–H groups in total. The summed E-state index contributed by atoms with van der Waals surface area (Å²) >= 11 is 4.83. The van der Waals surface area contributed by atoms with Crippen LogP contribution < -0.4 is 29.6 Å². The monoisotopic (exact) mass is 230 g/mol. The van der Waals surface area contributed by atoms with E-state index in [2.05, 4.69) is 4.99 Å². The molecule has 0 atom stereocenters. The molecule has 15 heavy (non-hydrogen) atoms. The second kappa shape index (κ2) is 6.91. The van der Waals surface area contributed by atoms with Crippen molar-refractivity contribution < 1.29 is 33.9 Å². The molecule has 0 spiro atoms. The van der Waals surface area contributed by atoms with E-state index in [0.717, 1.165) is 5.56 Å². The fourth-order valence-electron chi connectivity index (χ4n) is 1.10. The van der Waals surface area contributed by atoms with Crippen molar-refractivity contribution >= 4 is 17.7 Å². The zero-order valence-electron chi connectivity index (χ0n) is 8.62. The van der Waals surface area contributed by atoms with Gasteiger partial charge < -0.3 is 12.6 Å². The summed E-state index contributed by atoms with van der Waals surface area (Å²) in [5.74, 6) is -0.262. The van der Waals surface area contributed by atoms with E-state index in [1.807, 2.05) is 0 Å². The minimum absolute atomic E-state index is 0. The Morgan fingerprint density at radius 3 is 2.87 bits per heavy atom. The van der Waals surface area contributed by atoms with Gasteiger partial charge in [-0.05, 0) is 30.5 Å². The normalized spacial score (nSPS) is 10.3. The van der Waals surface area contributed by atoms with Crippen LogP contribution in [-0.2, 0) is 19.0 Å². The van der Waals surface area contributed by atoms with Gasteiger partial charge in [-0.2, -0.15) is 5.26 Å². The molecule has 0 fully saturated rings. The summed E-state index contributed by atoms with van der Waals surface area (Å²) in [4.78, 5) is 3.41. The SMILES string of the molecule is Cc1c(F)cccc1CC([S-])=NC#N.[Na+]. The third-order valence-electron chi connectivity index (χ3n) is 1.90. The first-order valence-corrected chi connectivity index (χ1v) is 4.42. The number of nitriles is 1. The Kier molecular flexibility index (Phi) is 6.70. The van der Waals surface area contributed by atoms with Gasteiger partial charge in [-0.1, -0.05) is 17.2 Å². The molecule has 2 nitrogen and oxygen atoms in total. The van der Waals surface area contributed by atoms with Crippen LogP contribution in [0.1, 0.15) is 11.1 Å². The van der Waals surface area contributed by atoms with Crippen molar-refractivity contribution in [2.24, 2.45) is 4.99 Å². The predicted molar refractivity (Wildman–Crippen MR) is 55.3 cm³/mol. The van der Waals surface area contributed by atoms with Crippen LogP contribution in [0.5, 0.6) is 0 Å². The molecule has 5 heteroatoms. The Labute approximate surface area is 116 Å². The van der Waals surface area contributed by atoms with Gasteiger partial charge >= 0.3 is 29.6 Å². The average molecular weight is 230 g/mol. The standard InChI is InChI=1S/C10H9FN2S.Na/c1-7-8(3-2-4-9(7)11)5-10(14)13-6-12;/h2-4H,5H2,1H3,(H,13,14);/q;+1/p-1. The Morgan fingerprint density at radius 1 is 1.60 bits per heavy atom. The molecule has 0 heterocycles. The van der Waals surface area contributed by atoms with Crippen LogP contribution in [-0.4, -0.2) is 5.04 Å². The van der Waals surface area contributed by atoms with E-state index in [1.165, 1.54) is 6.07 Å². The molecular formula is C10H8FN2NaS. The van der Waals surface area contributed by atoms with E-state index in [-0.39, 0.29) is 40.4 Å². The maximum atomic E-state index is 13.1. The van der Waals surface area contributed by atoms with Crippen LogP contribution in [0.2, 0.25) is 0 Å². The largest absolute Gasteiger partial charge is 1.00 e. The molecule has 0 saturated heterocycles. The zero-order valence-corrected chi connectivity index (χ0v) is 11.4. The van der Waals surface area contributed by atoms with Gasteiger partial charge in [0.2, 0.25) is 6.19 Å². The van der Waals surface area contributed by atoms with Crippen LogP contribution in [0.3, 0.4) is 0 Å². The van der Waals surface area contributed by atoms with Crippen LogP contribution in [0.15, 0.2) is 23.2 Å². The van der Waals surface area contributed by atoms with Crippen LogP contribution >= 0.6 is 0 Å². The van der Waals surface area contributed by atoms with E-state index in [4.69, 9.17) is 17.9 Å². The predicted octanol–water partition coefficient (Wildman–Crippen LogP) is -0.893. The Balaban J connectivity index is 0.00000196. The Bertz CT molecular complexity index is 412. The van der Waals surface area contributed by atoms with Crippen molar-refractivity contribution in [2.75, 3.05) is 0 Å². The molecule has 0 unspecified atom stereocenters. The Hall–Kier alpha value is -0.470. The zero-order chi connectivity index (χ0) is 10.6. The Morgan fingerprint density at radius 2 is 2.27 bits per heavy atom. The van der Waals surface area contributed by atoms with Crippen LogP contribution in [0.4, 0.5) is 4.39 Å². The smallest absolute Gasteiger partial charge is 0.763 e. The van der Waals surface area contributed by atoms with Crippen molar-refractivity contribution in [3.05, 3.63) is 35.1 Å². The van der Waals surface area contributed by atoms with Gasteiger partial charge in [0.15, 0.2) is 0 Å². The maximum Gasteiger partial charge on any atom is 1.00 e. The van der Waals surface area contributed by atoms with Crippen molar-refractivity contribution in [2.45, 2.75) is 13.3 Å². The third-order valence-corrected chi connectivity index (χ3v) is 2.13. The minimum Gasteiger partial charge on any atom is -0.763 e. The van der Waals surface area contributed by atoms with Gasteiger partial charge in [0, 0.05) is 0 Å². The first-order chi connectivity index (χ1) is 6.65. The summed E-state index contributed by atoms with van der Waals surface area (Å²) in [6, 6.07) is 4.79. The van der Waals surface area contributed by atoms with Gasteiger partial charge in [0.1, 0.15) is 5.82 Å². The molecule has 0 radical (unpaired) electrons. The van der Waals surface area contributed by atoms with Gasteiger partial charge in [-0.25, -0.2) is 9.38 Å². The summed E-state index contributed by atoms with van der Waals surface area (Å²) in [5.41, 5.74) is 1.33. The first kappa shape index (κ1) is 14.5. The molecule has 0 bridgehead atoms. The van der Waals surface area contributed by atoms with E-state index in [9.17, 15) is 4.39 Å². The molecular weight excluding hydrogens is 222 g/mol. The van der Waals surface area contributed by atoms with Gasteiger partial charge in [-0.3, -0.25) is 0 Å². The molecule has 1 aromatic carbocycles. The van der Waals surface area contributed by atoms with Crippen molar-refractivity contribution in [3.63, 3.8) is 0 Å². The fourth-order valence-corrected chi connectivity index (χ4v) is 1.30. The number of hydrogen-bond donors (Lipinski definition) is 0. The average Bonchev–Trinajstić information content (AvgIpc) is 2.13. The van der Waals surface area contributed by atoms with E-state index in [1.54, 1.807) is 25.2 Å². The van der Waals surface area contributed by atoms with Gasteiger partial charge in [-0.15, -0.1) is 0 Å². The second-order valence-electron chi connectivity index (χ2n) is 2.81.